The Balaban J connectivity index is 4.10. The number of hydrogen-bond acceptors (Lipinski definition) is 2. The smallest absolute Gasteiger partial charge is 0.309 e. The number of allylic oxidation sites excluding steroid dienone is 2. The molecule has 0 radical (unpaired) electrons. The van der Waals surface area contributed by atoms with Gasteiger partial charge < -0.3 is 4.74 Å². The summed E-state index contributed by atoms with van der Waals surface area (Å²) in [6.45, 7) is 9.75. The van der Waals surface area contributed by atoms with Crippen LogP contribution in [0.2, 0.25) is 0 Å². The van der Waals surface area contributed by atoms with E-state index in [1.54, 1.807) is 0 Å². The molecule has 0 fully saturated rings. The van der Waals surface area contributed by atoms with Crippen molar-refractivity contribution in [2.75, 3.05) is 0 Å². The number of hydrogen-bond donors (Lipinski definition) is 0. The summed E-state index contributed by atoms with van der Waals surface area (Å²) in [7, 11) is 0. The summed E-state index contributed by atoms with van der Waals surface area (Å²) in [6.07, 6.45) is 6.80. The third kappa shape index (κ3) is 7.18. The fraction of sp³-hybridized carbons (Fsp3) is 0.769. The zero-order valence-corrected chi connectivity index (χ0v) is 10.7. The molecule has 1 unspecified atom stereocenters. The molecule has 0 aliphatic rings. The van der Waals surface area contributed by atoms with Crippen LogP contribution in [0, 0.1) is 5.92 Å². The van der Waals surface area contributed by atoms with Crippen LogP contribution in [-0.2, 0) is 9.53 Å². The van der Waals surface area contributed by atoms with Gasteiger partial charge in [-0.15, -0.1) is 0 Å². The SMILES string of the molecule is CC=CCCC(CC)C(=O)OC(C)(C)C. The van der Waals surface area contributed by atoms with Gasteiger partial charge in [-0.3, -0.25) is 4.79 Å². The number of esters is 1. The third-order valence-electron chi connectivity index (χ3n) is 2.15. The molecule has 0 aliphatic heterocycles. The topological polar surface area (TPSA) is 26.3 Å². The first-order chi connectivity index (χ1) is 6.90. The minimum absolute atomic E-state index is 0.0421. The van der Waals surface area contributed by atoms with Gasteiger partial charge in [0, 0.05) is 0 Å². The molecule has 1 atom stereocenters. The zero-order chi connectivity index (χ0) is 11.9. The predicted molar refractivity (Wildman–Crippen MR) is 63.7 cm³/mol. The molecule has 0 aromatic carbocycles. The summed E-state index contributed by atoms with van der Waals surface area (Å²) >= 11 is 0. The highest BCUT2D eigenvalue weighted by atomic mass is 16.6. The average Bonchev–Trinajstić information content (AvgIpc) is 2.09. The zero-order valence-electron chi connectivity index (χ0n) is 10.7. The molecule has 0 amide bonds. The van der Waals surface area contributed by atoms with E-state index in [0.29, 0.717) is 0 Å². The Bertz CT molecular complexity index is 211. The Kier molecular flexibility index (Phi) is 6.30. The molecule has 2 heteroatoms. The molecule has 0 heterocycles. The fourth-order valence-corrected chi connectivity index (χ4v) is 1.34. The standard InChI is InChI=1S/C13H24O2/c1-6-8-9-10-11(7-2)12(14)15-13(3,4)5/h6,8,11H,7,9-10H2,1-5H3. The highest BCUT2D eigenvalue weighted by molar-refractivity contribution is 5.72. The van der Waals surface area contributed by atoms with Crippen molar-refractivity contribution in [3.05, 3.63) is 12.2 Å². The molecule has 0 aromatic rings. The van der Waals surface area contributed by atoms with Crippen LogP contribution in [0.1, 0.15) is 53.9 Å². The average molecular weight is 212 g/mol. The van der Waals surface area contributed by atoms with Gasteiger partial charge in [-0.1, -0.05) is 19.1 Å². The highest BCUT2D eigenvalue weighted by Gasteiger charge is 2.22. The van der Waals surface area contributed by atoms with Gasteiger partial charge in [-0.05, 0) is 47.0 Å². The van der Waals surface area contributed by atoms with Crippen molar-refractivity contribution >= 4 is 5.97 Å². The lowest BCUT2D eigenvalue weighted by Crippen LogP contribution is -2.28. The molecule has 0 saturated carbocycles. The van der Waals surface area contributed by atoms with Crippen LogP contribution < -0.4 is 0 Å². The molecule has 0 rings (SSSR count). The molecule has 0 aliphatic carbocycles. The van der Waals surface area contributed by atoms with Crippen molar-refractivity contribution in [2.45, 2.75) is 59.5 Å². The second-order valence-electron chi connectivity index (χ2n) is 4.79. The molecular formula is C13H24O2. The van der Waals surface area contributed by atoms with E-state index in [-0.39, 0.29) is 17.5 Å². The molecule has 0 aromatic heterocycles. The van der Waals surface area contributed by atoms with E-state index < -0.39 is 0 Å². The van der Waals surface area contributed by atoms with Crippen molar-refractivity contribution in [2.24, 2.45) is 5.92 Å². The van der Waals surface area contributed by atoms with Gasteiger partial charge in [0.1, 0.15) is 5.60 Å². The molecular weight excluding hydrogens is 188 g/mol. The molecule has 0 saturated heterocycles. The lowest BCUT2D eigenvalue weighted by molar-refractivity contribution is -0.160. The highest BCUT2D eigenvalue weighted by Crippen LogP contribution is 2.17. The maximum atomic E-state index is 11.7. The molecule has 2 nitrogen and oxygen atoms in total. The molecule has 0 bridgehead atoms. The number of ether oxygens (including phenoxy) is 1. The predicted octanol–water partition coefficient (Wildman–Crippen LogP) is 3.71. The Morgan fingerprint density at radius 1 is 1.40 bits per heavy atom. The van der Waals surface area contributed by atoms with Crippen LogP contribution in [-0.4, -0.2) is 11.6 Å². The first kappa shape index (κ1) is 14.2. The van der Waals surface area contributed by atoms with Crippen molar-refractivity contribution in [1.29, 1.82) is 0 Å². The van der Waals surface area contributed by atoms with Gasteiger partial charge in [0.05, 0.1) is 5.92 Å². The molecule has 88 valence electrons. The van der Waals surface area contributed by atoms with Gasteiger partial charge in [0.15, 0.2) is 0 Å². The van der Waals surface area contributed by atoms with Gasteiger partial charge in [0.2, 0.25) is 0 Å². The number of rotatable bonds is 5. The molecule has 0 spiro atoms. The Labute approximate surface area is 93.7 Å². The first-order valence-corrected chi connectivity index (χ1v) is 5.74. The monoisotopic (exact) mass is 212 g/mol. The van der Waals surface area contributed by atoms with E-state index in [9.17, 15) is 4.79 Å². The summed E-state index contributed by atoms with van der Waals surface area (Å²) in [6, 6.07) is 0. The first-order valence-electron chi connectivity index (χ1n) is 5.74. The van der Waals surface area contributed by atoms with Gasteiger partial charge in [0.25, 0.3) is 0 Å². The molecule has 0 N–H and O–H groups in total. The quantitative estimate of drug-likeness (QED) is 0.513. The lowest BCUT2D eigenvalue weighted by Gasteiger charge is -2.23. The third-order valence-corrected chi connectivity index (χ3v) is 2.15. The van der Waals surface area contributed by atoms with Crippen LogP contribution >= 0.6 is 0 Å². The second kappa shape index (κ2) is 6.65. The van der Waals surface area contributed by atoms with Crippen LogP contribution in [0.3, 0.4) is 0 Å². The van der Waals surface area contributed by atoms with Crippen molar-refractivity contribution in [3.63, 3.8) is 0 Å². The van der Waals surface area contributed by atoms with E-state index in [4.69, 9.17) is 4.74 Å². The fourth-order valence-electron chi connectivity index (χ4n) is 1.34. The summed E-state index contributed by atoms with van der Waals surface area (Å²) in [4.78, 5) is 11.7. The maximum Gasteiger partial charge on any atom is 0.309 e. The van der Waals surface area contributed by atoms with Gasteiger partial charge in [-0.25, -0.2) is 0 Å². The molecule has 15 heavy (non-hydrogen) atoms. The van der Waals surface area contributed by atoms with E-state index in [0.717, 1.165) is 19.3 Å². The van der Waals surface area contributed by atoms with Crippen molar-refractivity contribution in [1.82, 2.24) is 0 Å². The van der Waals surface area contributed by atoms with Crippen molar-refractivity contribution < 1.29 is 9.53 Å². The van der Waals surface area contributed by atoms with Crippen LogP contribution in [0.25, 0.3) is 0 Å². The number of carbonyl (C=O) groups excluding carboxylic acids is 1. The van der Waals surface area contributed by atoms with Crippen LogP contribution in [0.4, 0.5) is 0 Å². The minimum atomic E-state index is -0.370. The number of carbonyl (C=O) groups is 1. The minimum Gasteiger partial charge on any atom is -0.460 e. The van der Waals surface area contributed by atoms with E-state index in [2.05, 4.69) is 6.08 Å². The normalized spacial score (nSPS) is 14.2. The van der Waals surface area contributed by atoms with E-state index in [1.807, 2.05) is 40.7 Å². The van der Waals surface area contributed by atoms with Crippen LogP contribution in [0.15, 0.2) is 12.2 Å². The summed E-state index contributed by atoms with van der Waals surface area (Å²) < 4.78 is 5.36. The second-order valence-corrected chi connectivity index (χ2v) is 4.79. The summed E-state index contributed by atoms with van der Waals surface area (Å²) in [5.41, 5.74) is -0.370. The van der Waals surface area contributed by atoms with E-state index >= 15 is 0 Å². The lowest BCUT2D eigenvalue weighted by atomic mass is 10.00. The summed E-state index contributed by atoms with van der Waals surface area (Å²) in [5, 5.41) is 0. The van der Waals surface area contributed by atoms with Crippen LogP contribution in [0.5, 0.6) is 0 Å². The Hall–Kier alpha value is -0.790. The maximum absolute atomic E-state index is 11.7. The van der Waals surface area contributed by atoms with Crippen molar-refractivity contribution in [3.8, 4) is 0 Å². The Morgan fingerprint density at radius 3 is 2.40 bits per heavy atom. The van der Waals surface area contributed by atoms with Gasteiger partial charge >= 0.3 is 5.97 Å². The van der Waals surface area contributed by atoms with Gasteiger partial charge in [-0.2, -0.15) is 0 Å². The summed E-state index contributed by atoms with van der Waals surface area (Å²) in [5.74, 6) is -0.0186. The largest absolute Gasteiger partial charge is 0.460 e. The Morgan fingerprint density at radius 2 is 2.00 bits per heavy atom. The van der Waals surface area contributed by atoms with E-state index in [1.165, 1.54) is 0 Å².